The van der Waals surface area contributed by atoms with Crippen molar-refractivity contribution in [3.05, 3.63) is 71.5 Å². The Morgan fingerprint density at radius 2 is 1.91 bits per heavy atom. The quantitative estimate of drug-likeness (QED) is 0.468. The summed E-state index contributed by atoms with van der Waals surface area (Å²) in [5, 5.41) is 3.64. The van der Waals surface area contributed by atoms with Gasteiger partial charge in [-0.05, 0) is 61.6 Å². The summed E-state index contributed by atoms with van der Waals surface area (Å²) in [7, 11) is -3.46. The first kappa shape index (κ1) is 22.6. The molecule has 0 saturated heterocycles. The number of hydrogen-bond acceptors (Lipinski definition) is 5. The van der Waals surface area contributed by atoms with Crippen molar-refractivity contribution in [2.45, 2.75) is 49.3 Å². The zero-order chi connectivity index (χ0) is 22.7. The predicted octanol–water partition coefficient (Wildman–Crippen LogP) is 3.34. The third kappa shape index (κ3) is 5.40. The second-order valence-corrected chi connectivity index (χ2v) is 10.6. The number of imidazole rings is 1. The first-order chi connectivity index (χ1) is 15.3. The van der Waals surface area contributed by atoms with Crippen molar-refractivity contribution < 1.29 is 13.2 Å². The van der Waals surface area contributed by atoms with E-state index in [-0.39, 0.29) is 22.6 Å². The van der Waals surface area contributed by atoms with Crippen molar-refractivity contribution in [3.63, 3.8) is 0 Å². The highest BCUT2D eigenvalue weighted by Gasteiger charge is 2.27. The number of sulfonamides is 1. The number of aryl methyl sites for hydroxylation is 1. The van der Waals surface area contributed by atoms with E-state index in [9.17, 15) is 13.2 Å². The summed E-state index contributed by atoms with van der Waals surface area (Å²) in [5.74, 6) is 0.122. The lowest BCUT2D eigenvalue weighted by Gasteiger charge is -2.12. The zero-order valence-electron chi connectivity index (χ0n) is 18.0. The van der Waals surface area contributed by atoms with Crippen LogP contribution in [0.3, 0.4) is 0 Å². The van der Waals surface area contributed by atoms with E-state index in [1.807, 2.05) is 22.9 Å². The Morgan fingerprint density at radius 3 is 2.62 bits per heavy atom. The highest BCUT2D eigenvalue weighted by Crippen LogP contribution is 2.24. The fourth-order valence-electron chi connectivity index (χ4n) is 3.23. The number of carbonyl (C=O) groups excluding carboxylic acids is 1. The van der Waals surface area contributed by atoms with E-state index in [0.717, 1.165) is 29.2 Å². The summed E-state index contributed by atoms with van der Waals surface area (Å²) in [4.78, 5) is 17.0. The summed E-state index contributed by atoms with van der Waals surface area (Å²) >= 11 is 1.38. The van der Waals surface area contributed by atoms with Gasteiger partial charge in [0.25, 0.3) is 0 Å². The van der Waals surface area contributed by atoms with Crippen LogP contribution in [0.1, 0.15) is 29.5 Å². The number of hydrogen-bond donors (Lipinski definition) is 2. The second-order valence-electron chi connectivity index (χ2n) is 7.90. The van der Waals surface area contributed by atoms with Crippen molar-refractivity contribution in [2.75, 3.05) is 5.75 Å². The number of rotatable bonds is 9. The molecule has 0 bridgehead atoms. The molecule has 1 heterocycles. The maximum absolute atomic E-state index is 12.4. The largest absolute Gasteiger partial charge is 0.351 e. The van der Waals surface area contributed by atoms with Crippen LogP contribution in [-0.2, 0) is 21.4 Å². The molecule has 9 heteroatoms. The molecule has 0 aliphatic heterocycles. The van der Waals surface area contributed by atoms with Gasteiger partial charge in [-0.3, -0.25) is 9.36 Å². The molecule has 1 amide bonds. The molecule has 4 rings (SSSR count). The van der Waals surface area contributed by atoms with Crippen LogP contribution < -0.4 is 10.0 Å². The number of carbonyl (C=O) groups is 1. The Kier molecular flexibility index (Phi) is 6.68. The molecule has 1 aliphatic carbocycles. The van der Waals surface area contributed by atoms with Crippen LogP contribution in [0.15, 0.2) is 64.9 Å². The van der Waals surface area contributed by atoms with Crippen molar-refractivity contribution in [3.8, 4) is 5.69 Å². The molecule has 2 N–H and O–H groups in total. The molecule has 7 nitrogen and oxygen atoms in total. The fourth-order valence-corrected chi connectivity index (χ4v) is 5.33. The molecule has 1 saturated carbocycles. The first-order valence-corrected chi connectivity index (χ1v) is 12.9. The van der Waals surface area contributed by atoms with Crippen LogP contribution >= 0.6 is 11.8 Å². The molecular weight excluding hydrogens is 444 g/mol. The van der Waals surface area contributed by atoms with Crippen molar-refractivity contribution in [1.29, 1.82) is 0 Å². The minimum Gasteiger partial charge on any atom is -0.351 e. The summed E-state index contributed by atoms with van der Waals surface area (Å²) in [5.41, 5.74) is 4.27. The van der Waals surface area contributed by atoms with Crippen LogP contribution in [0.4, 0.5) is 0 Å². The average molecular weight is 471 g/mol. The number of aromatic nitrogens is 2. The number of thioether (sulfide) groups is 1. The van der Waals surface area contributed by atoms with Gasteiger partial charge in [0.15, 0.2) is 5.16 Å². The fraction of sp³-hybridized carbons (Fsp3) is 0.304. The van der Waals surface area contributed by atoms with E-state index >= 15 is 0 Å². The standard InChI is InChI=1S/C23H26N4O3S2/c1-16-4-3-5-21(17(16)2)27-13-12-24-23(27)31-15-22(28)25-14-18-6-10-20(11-7-18)32(29,30)26-19-8-9-19/h3-7,10-13,19,26H,8-9,14-15H2,1-2H3,(H,25,28). The molecule has 168 valence electrons. The highest BCUT2D eigenvalue weighted by molar-refractivity contribution is 7.99. The summed E-state index contributed by atoms with van der Waals surface area (Å²) in [6.45, 7) is 4.48. The molecule has 0 atom stereocenters. The molecule has 0 radical (unpaired) electrons. The van der Waals surface area contributed by atoms with Crippen molar-refractivity contribution >= 4 is 27.7 Å². The van der Waals surface area contributed by atoms with Crippen LogP contribution in [0.5, 0.6) is 0 Å². The lowest BCUT2D eigenvalue weighted by molar-refractivity contribution is -0.118. The smallest absolute Gasteiger partial charge is 0.240 e. The van der Waals surface area contributed by atoms with Gasteiger partial charge in [-0.25, -0.2) is 18.1 Å². The van der Waals surface area contributed by atoms with E-state index in [0.29, 0.717) is 6.54 Å². The number of benzene rings is 2. The molecule has 0 unspecified atom stereocenters. The first-order valence-electron chi connectivity index (χ1n) is 10.4. The van der Waals surface area contributed by atoms with Gasteiger partial charge in [0, 0.05) is 25.0 Å². The SMILES string of the molecule is Cc1cccc(-n2ccnc2SCC(=O)NCc2ccc(S(=O)(=O)NC3CC3)cc2)c1C. The Bertz CT molecular complexity index is 1220. The molecule has 32 heavy (non-hydrogen) atoms. The minimum atomic E-state index is -3.46. The number of nitrogens with zero attached hydrogens (tertiary/aromatic N) is 2. The lowest BCUT2D eigenvalue weighted by atomic mass is 10.1. The highest BCUT2D eigenvalue weighted by atomic mass is 32.2. The van der Waals surface area contributed by atoms with E-state index in [1.165, 1.54) is 22.9 Å². The van der Waals surface area contributed by atoms with E-state index in [2.05, 4.69) is 34.9 Å². The van der Waals surface area contributed by atoms with Gasteiger partial charge in [-0.2, -0.15) is 0 Å². The van der Waals surface area contributed by atoms with Crippen LogP contribution in [-0.4, -0.2) is 35.7 Å². The summed E-state index contributed by atoms with van der Waals surface area (Å²) in [6, 6.07) is 12.8. The van der Waals surface area contributed by atoms with E-state index in [1.54, 1.807) is 30.5 Å². The van der Waals surface area contributed by atoms with Crippen molar-refractivity contribution in [1.82, 2.24) is 19.6 Å². The zero-order valence-corrected chi connectivity index (χ0v) is 19.7. The predicted molar refractivity (Wildman–Crippen MR) is 125 cm³/mol. The Morgan fingerprint density at radius 1 is 1.16 bits per heavy atom. The number of amides is 1. The summed E-state index contributed by atoms with van der Waals surface area (Å²) in [6.07, 6.45) is 5.42. The van der Waals surface area contributed by atoms with Crippen molar-refractivity contribution in [2.24, 2.45) is 0 Å². The van der Waals surface area contributed by atoms with Gasteiger partial charge in [0.1, 0.15) is 0 Å². The van der Waals surface area contributed by atoms with E-state index in [4.69, 9.17) is 0 Å². The molecule has 1 fully saturated rings. The van der Waals surface area contributed by atoms with Gasteiger partial charge in [0.05, 0.1) is 16.3 Å². The Balaban J connectivity index is 1.31. The third-order valence-electron chi connectivity index (χ3n) is 5.40. The lowest BCUT2D eigenvalue weighted by Crippen LogP contribution is -2.26. The second kappa shape index (κ2) is 9.48. The minimum absolute atomic E-state index is 0.0712. The molecule has 1 aromatic heterocycles. The van der Waals surface area contributed by atoms with Gasteiger partial charge < -0.3 is 5.32 Å². The normalized spacial score (nSPS) is 13.8. The average Bonchev–Trinajstić information content (AvgIpc) is 3.45. The molecule has 1 aliphatic rings. The van der Waals surface area contributed by atoms with Gasteiger partial charge in [-0.1, -0.05) is 36.0 Å². The van der Waals surface area contributed by atoms with E-state index < -0.39 is 10.0 Å². The molecular formula is C23H26N4O3S2. The van der Waals surface area contributed by atoms with Gasteiger partial charge >= 0.3 is 0 Å². The van der Waals surface area contributed by atoms with Crippen LogP contribution in [0.2, 0.25) is 0 Å². The molecule has 3 aromatic rings. The third-order valence-corrected chi connectivity index (χ3v) is 7.90. The van der Waals surface area contributed by atoms with Crippen LogP contribution in [0, 0.1) is 13.8 Å². The topological polar surface area (TPSA) is 93.1 Å². The summed E-state index contributed by atoms with van der Waals surface area (Å²) < 4.78 is 29.1. The van der Waals surface area contributed by atoms with Gasteiger partial charge in [-0.15, -0.1) is 0 Å². The van der Waals surface area contributed by atoms with Gasteiger partial charge in [0.2, 0.25) is 15.9 Å². The molecule has 0 spiro atoms. The Hall–Kier alpha value is -2.62. The Labute approximate surface area is 192 Å². The maximum atomic E-state index is 12.4. The van der Waals surface area contributed by atoms with Crippen LogP contribution in [0.25, 0.3) is 5.69 Å². The monoisotopic (exact) mass is 470 g/mol. The number of nitrogens with one attached hydrogen (secondary N) is 2. The molecule has 2 aromatic carbocycles. The maximum Gasteiger partial charge on any atom is 0.240 e.